The Morgan fingerprint density at radius 3 is 2.77 bits per heavy atom. The van der Waals surface area contributed by atoms with Crippen molar-refractivity contribution in [2.75, 3.05) is 18.5 Å². The van der Waals surface area contributed by atoms with E-state index in [4.69, 9.17) is 4.52 Å². The van der Waals surface area contributed by atoms with E-state index in [9.17, 15) is 0 Å². The number of piperidine rings is 1. The molecule has 0 radical (unpaired) electrons. The number of hydrogen-bond donors (Lipinski definition) is 1. The summed E-state index contributed by atoms with van der Waals surface area (Å²) >= 11 is 0. The van der Waals surface area contributed by atoms with E-state index >= 15 is 0 Å². The Balaban J connectivity index is 1.50. The highest BCUT2D eigenvalue weighted by Crippen LogP contribution is 2.35. The average molecular weight is 297 g/mol. The maximum absolute atomic E-state index is 5.29. The Bertz CT molecular complexity index is 631. The van der Waals surface area contributed by atoms with Crippen LogP contribution >= 0.6 is 0 Å². The zero-order valence-electron chi connectivity index (χ0n) is 12.9. The Kier molecular flexibility index (Phi) is 3.85. The molecule has 0 bridgehead atoms. The molecule has 22 heavy (non-hydrogen) atoms. The molecule has 1 N–H and O–H groups in total. The maximum atomic E-state index is 5.29. The second-order valence-corrected chi connectivity index (χ2v) is 6.48. The number of aromatic nitrogens is 1. The van der Waals surface area contributed by atoms with Gasteiger partial charge in [-0.05, 0) is 43.2 Å². The maximum Gasteiger partial charge on any atom is 0.148 e. The van der Waals surface area contributed by atoms with Crippen molar-refractivity contribution < 1.29 is 4.52 Å². The highest BCUT2D eigenvalue weighted by molar-refractivity contribution is 5.47. The van der Waals surface area contributed by atoms with E-state index in [2.05, 4.69) is 39.9 Å². The van der Waals surface area contributed by atoms with Crippen molar-refractivity contribution >= 4 is 5.69 Å². The van der Waals surface area contributed by atoms with Crippen LogP contribution in [0.3, 0.4) is 0 Å². The van der Waals surface area contributed by atoms with Gasteiger partial charge in [-0.2, -0.15) is 0 Å². The quantitative estimate of drug-likeness (QED) is 0.936. The molecule has 1 unspecified atom stereocenters. The number of aryl methyl sites for hydroxylation is 1. The molecule has 1 aliphatic carbocycles. The summed E-state index contributed by atoms with van der Waals surface area (Å²) in [5.74, 6) is 0.459. The monoisotopic (exact) mass is 297 g/mol. The van der Waals surface area contributed by atoms with Crippen molar-refractivity contribution in [3.05, 3.63) is 47.3 Å². The molecule has 2 aliphatic rings. The van der Waals surface area contributed by atoms with Gasteiger partial charge in [-0.1, -0.05) is 35.8 Å². The van der Waals surface area contributed by atoms with Gasteiger partial charge in [0.1, 0.15) is 17.6 Å². The van der Waals surface area contributed by atoms with E-state index in [1.54, 1.807) is 6.26 Å². The van der Waals surface area contributed by atoms with E-state index in [0.29, 0.717) is 5.92 Å². The topological polar surface area (TPSA) is 41.3 Å². The molecule has 0 amide bonds. The van der Waals surface area contributed by atoms with Gasteiger partial charge in [0.2, 0.25) is 0 Å². The van der Waals surface area contributed by atoms with E-state index in [1.807, 2.05) is 0 Å². The van der Waals surface area contributed by atoms with E-state index in [-0.39, 0.29) is 0 Å². The minimum Gasteiger partial charge on any atom is -0.362 e. The zero-order valence-corrected chi connectivity index (χ0v) is 12.9. The summed E-state index contributed by atoms with van der Waals surface area (Å²) in [5.41, 5.74) is 8.64. The van der Waals surface area contributed by atoms with E-state index in [0.717, 1.165) is 43.7 Å². The molecule has 1 saturated heterocycles. The van der Waals surface area contributed by atoms with Crippen LogP contribution in [0.1, 0.15) is 48.4 Å². The number of nitrogens with one attached hydrogen (secondary N) is 1. The van der Waals surface area contributed by atoms with Crippen molar-refractivity contribution in [1.82, 2.24) is 10.2 Å². The molecule has 1 aromatic carbocycles. The molecule has 2 heterocycles. The number of nitrogens with zero attached hydrogens (tertiary/aromatic N) is 2. The Morgan fingerprint density at radius 2 is 1.91 bits per heavy atom. The Hall–Kier alpha value is -1.81. The van der Waals surface area contributed by atoms with Crippen LogP contribution in [0.5, 0.6) is 0 Å². The third kappa shape index (κ3) is 2.75. The summed E-state index contributed by atoms with van der Waals surface area (Å²) in [6.07, 6.45) is 9.00. The van der Waals surface area contributed by atoms with Crippen LogP contribution < -0.4 is 5.43 Å². The van der Waals surface area contributed by atoms with E-state index in [1.165, 1.54) is 30.4 Å². The smallest absolute Gasteiger partial charge is 0.148 e. The largest absolute Gasteiger partial charge is 0.362 e. The minimum absolute atomic E-state index is 0.459. The number of benzene rings is 1. The number of hydrazine groups is 1. The molecular formula is C18H23N3O. The molecular weight excluding hydrogens is 274 g/mol. The first-order valence-electron chi connectivity index (χ1n) is 8.43. The summed E-state index contributed by atoms with van der Waals surface area (Å²) in [6.45, 7) is 2.22. The molecule has 1 aliphatic heterocycles. The molecule has 116 valence electrons. The number of fused-ring (bicyclic) bond motifs is 1. The Morgan fingerprint density at radius 1 is 1.09 bits per heavy atom. The van der Waals surface area contributed by atoms with Crippen LogP contribution in [-0.2, 0) is 12.8 Å². The molecule has 1 fully saturated rings. The average Bonchev–Trinajstić information content (AvgIpc) is 3.03. The lowest BCUT2D eigenvalue weighted by Gasteiger charge is -2.29. The van der Waals surface area contributed by atoms with Gasteiger partial charge >= 0.3 is 0 Å². The highest BCUT2D eigenvalue weighted by Gasteiger charge is 2.25. The molecule has 1 aromatic heterocycles. The molecule has 0 saturated carbocycles. The first-order valence-corrected chi connectivity index (χ1v) is 8.43. The summed E-state index contributed by atoms with van der Waals surface area (Å²) in [4.78, 5) is 0. The van der Waals surface area contributed by atoms with Gasteiger partial charge in [-0.3, -0.25) is 0 Å². The lowest BCUT2D eigenvalue weighted by molar-refractivity contribution is 0.272. The fraction of sp³-hybridized carbons (Fsp3) is 0.500. The standard InChI is InChI=1S/C18H23N3O/c1-4-10-21(11-5-1)19-17-13-22-20-18(17)16-9-8-14-6-2-3-7-15(14)12-16/h2-3,6-7,13,16,19H,1,4-5,8-12H2. The second kappa shape index (κ2) is 6.13. The fourth-order valence-electron chi connectivity index (χ4n) is 3.73. The van der Waals surface area contributed by atoms with Gasteiger partial charge in [0.25, 0.3) is 0 Å². The van der Waals surface area contributed by atoms with E-state index < -0.39 is 0 Å². The van der Waals surface area contributed by atoms with Crippen LogP contribution in [0.2, 0.25) is 0 Å². The Labute approximate surface area is 131 Å². The number of anilines is 1. The summed E-state index contributed by atoms with van der Waals surface area (Å²) in [6, 6.07) is 8.77. The van der Waals surface area contributed by atoms with Gasteiger partial charge in [0, 0.05) is 19.0 Å². The van der Waals surface area contributed by atoms with Crippen LogP contribution in [-0.4, -0.2) is 23.3 Å². The lowest BCUT2D eigenvalue weighted by Crippen LogP contribution is -2.35. The van der Waals surface area contributed by atoms with Crippen LogP contribution in [0.15, 0.2) is 35.1 Å². The molecule has 1 atom stereocenters. The number of hydrogen-bond acceptors (Lipinski definition) is 4. The fourth-order valence-corrected chi connectivity index (χ4v) is 3.73. The number of rotatable bonds is 3. The summed E-state index contributed by atoms with van der Waals surface area (Å²) in [5, 5.41) is 6.62. The van der Waals surface area contributed by atoms with Crippen molar-refractivity contribution in [3.63, 3.8) is 0 Å². The SMILES string of the molecule is c1ccc2c(c1)CCC(c1nocc1NN1CCCCC1)C2. The first kappa shape index (κ1) is 13.8. The van der Waals surface area contributed by atoms with Crippen molar-refractivity contribution in [3.8, 4) is 0 Å². The molecule has 2 aromatic rings. The third-order valence-electron chi connectivity index (χ3n) is 4.97. The summed E-state index contributed by atoms with van der Waals surface area (Å²) < 4.78 is 5.29. The lowest BCUT2D eigenvalue weighted by atomic mass is 9.82. The van der Waals surface area contributed by atoms with Crippen molar-refractivity contribution in [2.45, 2.75) is 44.4 Å². The molecule has 0 spiro atoms. The zero-order chi connectivity index (χ0) is 14.8. The summed E-state index contributed by atoms with van der Waals surface area (Å²) in [7, 11) is 0. The van der Waals surface area contributed by atoms with Gasteiger partial charge in [0.15, 0.2) is 0 Å². The van der Waals surface area contributed by atoms with Gasteiger partial charge < -0.3 is 9.95 Å². The predicted octanol–water partition coefficient (Wildman–Crippen LogP) is 3.76. The highest BCUT2D eigenvalue weighted by atomic mass is 16.5. The molecule has 4 nitrogen and oxygen atoms in total. The van der Waals surface area contributed by atoms with Gasteiger partial charge in [-0.25, -0.2) is 5.01 Å². The van der Waals surface area contributed by atoms with Crippen molar-refractivity contribution in [2.24, 2.45) is 0 Å². The third-order valence-corrected chi connectivity index (χ3v) is 4.97. The van der Waals surface area contributed by atoms with Gasteiger partial charge in [0.05, 0.1) is 0 Å². The molecule has 4 rings (SSSR count). The normalized spacial score (nSPS) is 22.3. The van der Waals surface area contributed by atoms with Gasteiger partial charge in [-0.15, -0.1) is 0 Å². The van der Waals surface area contributed by atoms with Crippen LogP contribution in [0.4, 0.5) is 5.69 Å². The van der Waals surface area contributed by atoms with Crippen LogP contribution in [0, 0.1) is 0 Å². The van der Waals surface area contributed by atoms with Crippen molar-refractivity contribution in [1.29, 1.82) is 0 Å². The first-order chi connectivity index (χ1) is 10.9. The predicted molar refractivity (Wildman–Crippen MR) is 86.8 cm³/mol. The minimum atomic E-state index is 0.459. The second-order valence-electron chi connectivity index (χ2n) is 6.48. The van der Waals surface area contributed by atoms with Crippen LogP contribution in [0.25, 0.3) is 0 Å². The molecule has 4 heteroatoms.